The Bertz CT molecular complexity index is 1220. The molecule has 1 atom stereocenters. The highest BCUT2D eigenvalue weighted by Crippen LogP contribution is 2.42. The fraction of sp³-hybridized carbons (Fsp3) is 0.296. The highest BCUT2D eigenvalue weighted by atomic mass is 32.2. The minimum Gasteiger partial charge on any atom is -0.457 e. The molecule has 4 aromatic rings. The highest BCUT2D eigenvalue weighted by Gasteiger charge is 2.32. The summed E-state index contributed by atoms with van der Waals surface area (Å²) in [6.07, 6.45) is 4.42. The summed E-state index contributed by atoms with van der Waals surface area (Å²) in [6, 6.07) is 20.4. The van der Waals surface area contributed by atoms with Crippen LogP contribution in [0.25, 0.3) is 11.0 Å². The number of amides is 1. The number of thioether (sulfide) groups is 1. The fourth-order valence-electron chi connectivity index (χ4n) is 4.57. The van der Waals surface area contributed by atoms with Crippen LogP contribution < -0.4 is 5.32 Å². The number of nitrogens with one attached hydrogen (secondary N) is 1. The van der Waals surface area contributed by atoms with Crippen LogP contribution in [0.2, 0.25) is 0 Å². The summed E-state index contributed by atoms with van der Waals surface area (Å²) in [6.45, 7) is 4.34. The highest BCUT2D eigenvalue weighted by molar-refractivity contribution is 7.98. The van der Waals surface area contributed by atoms with Crippen molar-refractivity contribution in [2.45, 2.75) is 30.7 Å². The monoisotopic (exact) mass is 476 g/mol. The molecule has 1 aliphatic rings. The zero-order valence-corrected chi connectivity index (χ0v) is 20.5. The van der Waals surface area contributed by atoms with Crippen LogP contribution in [0.15, 0.2) is 75.4 Å². The largest absolute Gasteiger partial charge is 0.457 e. The smallest absolute Gasteiger partial charge is 0.265 e. The van der Waals surface area contributed by atoms with Crippen molar-refractivity contribution in [3.63, 3.8) is 0 Å². The molecule has 0 aliphatic carbocycles. The van der Waals surface area contributed by atoms with Gasteiger partial charge in [0, 0.05) is 10.3 Å². The number of furan rings is 1. The number of anilines is 1. The molecule has 0 radical (unpaired) electrons. The van der Waals surface area contributed by atoms with Gasteiger partial charge in [-0.15, -0.1) is 23.1 Å². The Labute approximate surface area is 203 Å². The molecule has 2 aromatic carbocycles. The van der Waals surface area contributed by atoms with E-state index >= 15 is 0 Å². The first-order valence-corrected chi connectivity index (χ1v) is 13.5. The van der Waals surface area contributed by atoms with E-state index in [1.54, 1.807) is 11.8 Å². The number of thiophene rings is 1. The number of para-hydroxylation sites is 1. The molecular formula is C27H28N2O2S2. The first kappa shape index (κ1) is 22.3. The lowest BCUT2D eigenvalue weighted by molar-refractivity contribution is 0.102. The second-order valence-electron chi connectivity index (χ2n) is 8.66. The summed E-state index contributed by atoms with van der Waals surface area (Å²) in [7, 11) is 0. The Morgan fingerprint density at radius 3 is 2.55 bits per heavy atom. The number of benzene rings is 2. The molecule has 1 fully saturated rings. The normalized spacial score (nSPS) is 16.2. The minimum atomic E-state index is -0.0958. The van der Waals surface area contributed by atoms with Gasteiger partial charge >= 0.3 is 0 Å². The van der Waals surface area contributed by atoms with E-state index in [2.05, 4.69) is 47.7 Å². The van der Waals surface area contributed by atoms with Crippen LogP contribution >= 0.6 is 23.1 Å². The van der Waals surface area contributed by atoms with Crippen LogP contribution in [0, 0.1) is 5.92 Å². The molecule has 1 amide bonds. The molecule has 0 spiro atoms. The molecule has 6 heteroatoms. The average Bonchev–Trinajstić information content (AvgIpc) is 3.50. The molecular weight excluding hydrogens is 448 g/mol. The zero-order valence-electron chi connectivity index (χ0n) is 18.9. The van der Waals surface area contributed by atoms with Gasteiger partial charge in [0.05, 0.1) is 16.6 Å². The van der Waals surface area contributed by atoms with Gasteiger partial charge in [-0.1, -0.05) is 37.3 Å². The molecule has 5 rings (SSSR count). The molecule has 0 unspecified atom stereocenters. The number of nitrogens with zero attached hydrogens (tertiary/aromatic N) is 1. The van der Waals surface area contributed by atoms with Crippen molar-refractivity contribution in [2.24, 2.45) is 5.92 Å². The van der Waals surface area contributed by atoms with Crippen LogP contribution in [0.5, 0.6) is 0 Å². The maximum absolute atomic E-state index is 13.1. The maximum Gasteiger partial charge on any atom is 0.265 e. The number of rotatable bonds is 6. The number of hydrogen-bond acceptors (Lipinski definition) is 5. The van der Waals surface area contributed by atoms with E-state index in [1.165, 1.54) is 21.8 Å². The van der Waals surface area contributed by atoms with Crippen LogP contribution in [-0.2, 0) is 0 Å². The molecule has 170 valence electrons. The number of carbonyl (C=O) groups excluding carboxylic acids is 1. The standard InChI is InChI=1S/C27H28N2O2S2/c1-18-13-15-29(16-14-18)25(19-9-11-20(32-2)12-10-19)26-24(21-6-3-4-7-22(21)31-26)28-27(30)23-8-5-17-33-23/h3-12,17-18,25H,13-16H2,1-2H3,(H,28,30)/t25-/m1/s1. The second-order valence-corrected chi connectivity index (χ2v) is 10.5. The van der Waals surface area contributed by atoms with Gasteiger partial charge < -0.3 is 9.73 Å². The first-order chi connectivity index (χ1) is 16.1. The van der Waals surface area contributed by atoms with Gasteiger partial charge in [0.25, 0.3) is 5.91 Å². The molecule has 4 nitrogen and oxygen atoms in total. The number of fused-ring (bicyclic) bond motifs is 1. The van der Waals surface area contributed by atoms with E-state index in [1.807, 2.05) is 41.8 Å². The Kier molecular flexibility index (Phi) is 6.58. The molecule has 33 heavy (non-hydrogen) atoms. The van der Waals surface area contributed by atoms with Gasteiger partial charge in [0.2, 0.25) is 0 Å². The lowest BCUT2D eigenvalue weighted by atomic mass is 9.94. The fourth-order valence-corrected chi connectivity index (χ4v) is 5.60. The summed E-state index contributed by atoms with van der Waals surface area (Å²) in [5.41, 5.74) is 2.76. The Balaban J connectivity index is 1.62. The van der Waals surface area contributed by atoms with E-state index in [-0.39, 0.29) is 11.9 Å². The number of carbonyl (C=O) groups is 1. The van der Waals surface area contributed by atoms with Gasteiger partial charge in [0.1, 0.15) is 11.3 Å². The number of likely N-dealkylation sites (tertiary alicyclic amines) is 1. The van der Waals surface area contributed by atoms with Crippen molar-refractivity contribution < 1.29 is 9.21 Å². The Morgan fingerprint density at radius 1 is 1.09 bits per heavy atom. The maximum atomic E-state index is 13.1. The van der Waals surface area contributed by atoms with Gasteiger partial charge in [-0.3, -0.25) is 9.69 Å². The average molecular weight is 477 g/mol. The SMILES string of the molecule is CSc1ccc([C@H](c2oc3ccccc3c2NC(=O)c2cccs2)N2CCC(C)CC2)cc1. The lowest BCUT2D eigenvalue weighted by Crippen LogP contribution is -2.37. The molecule has 0 saturated carbocycles. The molecule has 1 N–H and O–H groups in total. The summed E-state index contributed by atoms with van der Waals surface area (Å²) in [5.74, 6) is 1.45. The topological polar surface area (TPSA) is 45.5 Å². The van der Waals surface area contributed by atoms with Crippen molar-refractivity contribution in [1.29, 1.82) is 0 Å². The number of hydrogen-bond donors (Lipinski definition) is 1. The van der Waals surface area contributed by atoms with E-state index in [4.69, 9.17) is 4.42 Å². The molecule has 1 aliphatic heterocycles. The van der Waals surface area contributed by atoms with Crippen LogP contribution in [0.4, 0.5) is 5.69 Å². The molecule has 3 heterocycles. The van der Waals surface area contributed by atoms with Crippen LogP contribution in [0.1, 0.15) is 46.8 Å². The van der Waals surface area contributed by atoms with E-state index in [0.29, 0.717) is 4.88 Å². The summed E-state index contributed by atoms with van der Waals surface area (Å²) >= 11 is 3.19. The van der Waals surface area contributed by atoms with Crippen molar-refractivity contribution >= 4 is 45.7 Å². The first-order valence-electron chi connectivity index (χ1n) is 11.4. The Hall–Kier alpha value is -2.54. The third-order valence-electron chi connectivity index (χ3n) is 6.47. The van der Waals surface area contributed by atoms with Gasteiger partial charge in [-0.05, 0) is 79.4 Å². The predicted octanol–water partition coefficient (Wildman–Crippen LogP) is 7.29. The van der Waals surface area contributed by atoms with Crippen molar-refractivity contribution in [3.8, 4) is 0 Å². The van der Waals surface area contributed by atoms with Crippen molar-refractivity contribution in [3.05, 3.63) is 82.2 Å². The third-order valence-corrected chi connectivity index (χ3v) is 8.08. The summed E-state index contributed by atoms with van der Waals surface area (Å²) in [5, 5.41) is 6.07. The van der Waals surface area contributed by atoms with Gasteiger partial charge in [0.15, 0.2) is 0 Å². The van der Waals surface area contributed by atoms with Crippen LogP contribution in [-0.4, -0.2) is 30.2 Å². The lowest BCUT2D eigenvalue weighted by Gasteiger charge is -2.36. The number of piperidine rings is 1. The van der Waals surface area contributed by atoms with Gasteiger partial charge in [-0.25, -0.2) is 0 Å². The molecule has 2 aromatic heterocycles. The van der Waals surface area contributed by atoms with Crippen molar-refractivity contribution in [2.75, 3.05) is 24.7 Å². The van der Waals surface area contributed by atoms with E-state index in [9.17, 15) is 4.79 Å². The van der Waals surface area contributed by atoms with Crippen LogP contribution in [0.3, 0.4) is 0 Å². The van der Waals surface area contributed by atoms with E-state index in [0.717, 1.165) is 54.3 Å². The zero-order chi connectivity index (χ0) is 22.8. The molecule has 0 bridgehead atoms. The van der Waals surface area contributed by atoms with Gasteiger partial charge in [-0.2, -0.15) is 0 Å². The predicted molar refractivity (Wildman–Crippen MR) is 139 cm³/mol. The summed E-state index contributed by atoms with van der Waals surface area (Å²) < 4.78 is 6.51. The second kappa shape index (κ2) is 9.75. The quantitative estimate of drug-likeness (QED) is 0.297. The Morgan fingerprint density at radius 2 is 1.85 bits per heavy atom. The van der Waals surface area contributed by atoms with E-state index < -0.39 is 0 Å². The minimum absolute atomic E-state index is 0.0561. The third kappa shape index (κ3) is 4.60. The molecule has 1 saturated heterocycles. The van der Waals surface area contributed by atoms with Crippen molar-refractivity contribution in [1.82, 2.24) is 4.90 Å². The summed E-state index contributed by atoms with van der Waals surface area (Å²) in [4.78, 5) is 17.5.